The van der Waals surface area contributed by atoms with Crippen molar-refractivity contribution in [3.63, 3.8) is 0 Å². The van der Waals surface area contributed by atoms with E-state index in [0.29, 0.717) is 37.0 Å². The highest BCUT2D eigenvalue weighted by Gasteiger charge is 2.27. The third kappa shape index (κ3) is 3.23. The molecule has 1 aliphatic rings. The molecule has 1 saturated heterocycles. The second-order valence-corrected chi connectivity index (χ2v) is 5.01. The van der Waals surface area contributed by atoms with E-state index in [2.05, 4.69) is 0 Å². The topological polar surface area (TPSA) is 53.7 Å². The average molecular weight is 277 g/mol. The molecule has 0 aliphatic carbocycles. The molecule has 18 heavy (non-hydrogen) atoms. The fraction of sp³-hybridized carbons (Fsp3) is 0.545. The number of β-amino-alcohol motifs (C(OH)–C–C–N with tert-alkyl or cyclic N) is 1. The summed E-state index contributed by atoms with van der Waals surface area (Å²) < 4.78 is 29.2. The summed E-state index contributed by atoms with van der Waals surface area (Å²) in [6.45, 7) is 0.780. The van der Waals surface area contributed by atoms with Crippen molar-refractivity contribution in [2.75, 3.05) is 13.1 Å². The van der Waals surface area contributed by atoms with Crippen LogP contribution in [0.5, 0.6) is 0 Å². The number of alkyl halides is 2. The van der Waals surface area contributed by atoms with Gasteiger partial charge in [0.15, 0.2) is 5.76 Å². The molecular formula is C11H13F2NO3S. The van der Waals surface area contributed by atoms with E-state index < -0.39 is 11.9 Å². The minimum atomic E-state index is -2.46. The molecule has 100 valence electrons. The molecule has 4 nitrogen and oxygen atoms in total. The Morgan fingerprint density at radius 2 is 2.39 bits per heavy atom. The van der Waals surface area contributed by atoms with Crippen molar-refractivity contribution in [2.45, 2.75) is 24.0 Å². The van der Waals surface area contributed by atoms with Crippen molar-refractivity contribution < 1.29 is 23.1 Å². The van der Waals surface area contributed by atoms with Crippen LogP contribution in [0.4, 0.5) is 8.78 Å². The molecule has 0 bridgehead atoms. The zero-order chi connectivity index (χ0) is 13.1. The summed E-state index contributed by atoms with van der Waals surface area (Å²) in [6, 6.07) is 3.00. The lowest BCUT2D eigenvalue weighted by molar-refractivity contribution is 0.0732. The summed E-state index contributed by atoms with van der Waals surface area (Å²) in [7, 11) is 0. The van der Waals surface area contributed by atoms with Crippen LogP contribution in [0.15, 0.2) is 16.5 Å². The van der Waals surface area contributed by atoms with E-state index in [1.54, 1.807) is 0 Å². The first-order valence-electron chi connectivity index (χ1n) is 5.52. The molecule has 2 heterocycles. The van der Waals surface area contributed by atoms with E-state index in [-0.39, 0.29) is 17.4 Å². The van der Waals surface area contributed by atoms with Gasteiger partial charge in [0.2, 0.25) is 0 Å². The van der Waals surface area contributed by atoms with Crippen LogP contribution in [-0.4, -0.2) is 40.9 Å². The van der Waals surface area contributed by atoms with Gasteiger partial charge >= 0.3 is 0 Å². The summed E-state index contributed by atoms with van der Waals surface area (Å²) >= 11 is 0.450. The number of furan rings is 1. The van der Waals surface area contributed by atoms with Gasteiger partial charge in [-0.3, -0.25) is 4.79 Å². The van der Waals surface area contributed by atoms with Gasteiger partial charge in [-0.1, -0.05) is 11.8 Å². The third-order valence-electron chi connectivity index (χ3n) is 2.67. The predicted octanol–water partition coefficient (Wildman–Crippen LogP) is 1.94. The Morgan fingerprint density at radius 1 is 1.61 bits per heavy atom. The Bertz CT molecular complexity index is 424. The number of rotatable bonds is 4. The molecule has 0 aromatic carbocycles. The van der Waals surface area contributed by atoms with Crippen LogP contribution in [0.2, 0.25) is 0 Å². The predicted molar refractivity (Wildman–Crippen MR) is 62.5 cm³/mol. The second kappa shape index (κ2) is 5.71. The molecule has 1 aliphatic heterocycles. The molecule has 0 unspecified atom stereocenters. The van der Waals surface area contributed by atoms with Gasteiger partial charge in [-0.2, -0.15) is 8.78 Å². The van der Waals surface area contributed by atoms with Crippen molar-refractivity contribution in [1.82, 2.24) is 4.90 Å². The Hall–Kier alpha value is -1.08. The van der Waals surface area contributed by atoms with Crippen molar-refractivity contribution in [1.29, 1.82) is 0 Å². The molecule has 7 heteroatoms. The molecule has 0 spiro atoms. The number of hydrogen-bond acceptors (Lipinski definition) is 4. The molecule has 1 aromatic heterocycles. The number of likely N-dealkylation sites (tertiary alicyclic amines) is 1. The van der Waals surface area contributed by atoms with Crippen molar-refractivity contribution in [3.8, 4) is 0 Å². The van der Waals surface area contributed by atoms with E-state index in [9.17, 15) is 18.7 Å². The van der Waals surface area contributed by atoms with Crippen LogP contribution in [0.1, 0.15) is 22.7 Å². The lowest BCUT2D eigenvalue weighted by Crippen LogP contribution is -2.29. The van der Waals surface area contributed by atoms with Gasteiger partial charge in [0.25, 0.3) is 11.7 Å². The number of thioether (sulfide) groups is 1. The number of halogens is 2. The first-order valence-corrected chi connectivity index (χ1v) is 6.57. The Labute approximate surface area is 107 Å². The van der Waals surface area contributed by atoms with E-state index >= 15 is 0 Å². The second-order valence-electron chi connectivity index (χ2n) is 4.03. The van der Waals surface area contributed by atoms with Crippen LogP contribution < -0.4 is 0 Å². The SMILES string of the molecule is O=C(c1ccc(CSC(F)F)o1)N1CC[C@@H](O)C1. The zero-order valence-electron chi connectivity index (χ0n) is 9.51. The molecule has 1 amide bonds. The smallest absolute Gasteiger partial charge is 0.289 e. The number of aliphatic hydroxyl groups is 1. The maximum Gasteiger partial charge on any atom is 0.289 e. The van der Waals surface area contributed by atoms with E-state index in [1.807, 2.05) is 0 Å². The van der Waals surface area contributed by atoms with Gasteiger partial charge in [0, 0.05) is 13.1 Å². The number of carbonyl (C=O) groups is 1. The van der Waals surface area contributed by atoms with Crippen LogP contribution in [0.3, 0.4) is 0 Å². The average Bonchev–Trinajstić information content (AvgIpc) is 2.94. The largest absolute Gasteiger partial charge is 0.455 e. The van der Waals surface area contributed by atoms with Crippen molar-refractivity contribution in [2.24, 2.45) is 0 Å². The third-order valence-corrected chi connectivity index (χ3v) is 3.38. The molecule has 0 radical (unpaired) electrons. The fourth-order valence-corrected chi connectivity index (χ4v) is 2.24. The summed E-state index contributed by atoms with van der Waals surface area (Å²) in [6.07, 6.45) is 0.0679. The van der Waals surface area contributed by atoms with E-state index in [0.717, 1.165) is 0 Å². The Kier molecular flexibility index (Phi) is 4.23. The van der Waals surface area contributed by atoms with Gasteiger partial charge in [-0.15, -0.1) is 0 Å². The molecule has 2 rings (SSSR count). The highest BCUT2D eigenvalue weighted by molar-refractivity contribution is 7.98. The summed E-state index contributed by atoms with van der Waals surface area (Å²) in [5.41, 5.74) is 0. The normalized spacial score (nSPS) is 19.8. The van der Waals surface area contributed by atoms with E-state index in [4.69, 9.17) is 4.42 Å². The van der Waals surface area contributed by atoms with Crippen LogP contribution in [0, 0.1) is 0 Å². The maximum absolute atomic E-state index is 12.0. The van der Waals surface area contributed by atoms with Crippen molar-refractivity contribution in [3.05, 3.63) is 23.7 Å². The number of hydrogen-bond donors (Lipinski definition) is 1. The molecule has 1 atom stereocenters. The number of amides is 1. The lowest BCUT2D eigenvalue weighted by atomic mass is 10.3. The van der Waals surface area contributed by atoms with Gasteiger partial charge in [0.1, 0.15) is 5.76 Å². The van der Waals surface area contributed by atoms with Crippen LogP contribution in [0.25, 0.3) is 0 Å². The Balaban J connectivity index is 1.95. The summed E-state index contributed by atoms with van der Waals surface area (Å²) in [5.74, 6) is -2.24. The summed E-state index contributed by atoms with van der Waals surface area (Å²) in [4.78, 5) is 13.4. The van der Waals surface area contributed by atoms with Gasteiger partial charge < -0.3 is 14.4 Å². The highest BCUT2D eigenvalue weighted by Crippen LogP contribution is 2.22. The van der Waals surface area contributed by atoms with Crippen molar-refractivity contribution >= 4 is 17.7 Å². The molecule has 1 fully saturated rings. The lowest BCUT2D eigenvalue weighted by Gasteiger charge is -2.13. The molecule has 1 N–H and O–H groups in total. The molecule has 1 aromatic rings. The minimum Gasteiger partial charge on any atom is -0.455 e. The zero-order valence-corrected chi connectivity index (χ0v) is 10.3. The monoisotopic (exact) mass is 277 g/mol. The molecule has 0 saturated carbocycles. The van der Waals surface area contributed by atoms with Gasteiger partial charge in [-0.05, 0) is 18.6 Å². The molecular weight excluding hydrogens is 264 g/mol. The fourth-order valence-electron chi connectivity index (χ4n) is 1.80. The first kappa shape index (κ1) is 13.4. The number of nitrogens with zero attached hydrogens (tertiary/aromatic N) is 1. The standard InChI is InChI=1S/C11H13F2NO3S/c12-11(13)18-6-8-1-2-9(17-8)10(16)14-4-3-7(15)5-14/h1-2,7,11,15H,3-6H2/t7-/m1/s1. The van der Waals surface area contributed by atoms with Crippen LogP contribution >= 0.6 is 11.8 Å². The van der Waals surface area contributed by atoms with Gasteiger partial charge in [-0.25, -0.2) is 0 Å². The minimum absolute atomic E-state index is 0.0353. The summed E-state index contributed by atoms with van der Waals surface area (Å²) in [5, 5.41) is 9.33. The van der Waals surface area contributed by atoms with E-state index in [1.165, 1.54) is 17.0 Å². The quantitative estimate of drug-likeness (QED) is 0.914. The first-order chi connectivity index (χ1) is 8.56. The highest BCUT2D eigenvalue weighted by atomic mass is 32.2. The number of aliphatic hydroxyl groups excluding tert-OH is 1. The van der Waals surface area contributed by atoms with Gasteiger partial charge in [0.05, 0.1) is 11.9 Å². The van der Waals surface area contributed by atoms with Crippen LogP contribution in [-0.2, 0) is 5.75 Å². The maximum atomic E-state index is 12.0. The Morgan fingerprint density at radius 3 is 3.00 bits per heavy atom. The number of carbonyl (C=O) groups excluding carboxylic acids is 1.